The molecule has 0 aromatic heterocycles. The Kier molecular flexibility index (Phi) is 8.67. The molecule has 1 aromatic carbocycles. The van der Waals surface area contributed by atoms with Gasteiger partial charge in [-0.1, -0.05) is 29.8 Å². The summed E-state index contributed by atoms with van der Waals surface area (Å²) in [6.45, 7) is 7.02. The fourth-order valence-corrected chi connectivity index (χ4v) is 5.27. The fraction of sp³-hybridized carbons (Fsp3) is 0.652. The van der Waals surface area contributed by atoms with E-state index >= 15 is 0 Å². The average Bonchev–Trinajstić information content (AvgIpc) is 2.79. The second-order valence-corrected chi connectivity index (χ2v) is 11.0. The molecule has 2 amide bonds. The van der Waals surface area contributed by atoms with Crippen molar-refractivity contribution in [2.24, 2.45) is 5.92 Å². The SMILES string of the molecule is Cc1ccc(CN2CCN(C(=O)C3CCCN(S(C)(=O)=O)CCC(=O)NCC3)CC2)cc1. The summed E-state index contributed by atoms with van der Waals surface area (Å²) in [5.41, 5.74) is 2.53. The number of amides is 2. The van der Waals surface area contributed by atoms with Crippen LogP contribution >= 0.6 is 0 Å². The first kappa shape index (κ1) is 24.7. The zero-order valence-electron chi connectivity index (χ0n) is 19.3. The minimum Gasteiger partial charge on any atom is -0.356 e. The van der Waals surface area contributed by atoms with Gasteiger partial charge in [0, 0.05) is 64.7 Å². The minimum atomic E-state index is -3.37. The van der Waals surface area contributed by atoms with Crippen LogP contribution in [0.15, 0.2) is 24.3 Å². The zero-order valence-corrected chi connectivity index (χ0v) is 20.1. The number of carbonyl (C=O) groups excluding carboxylic acids is 2. The lowest BCUT2D eigenvalue weighted by Crippen LogP contribution is -2.50. The third kappa shape index (κ3) is 7.28. The van der Waals surface area contributed by atoms with Crippen LogP contribution in [-0.4, -0.2) is 86.4 Å². The van der Waals surface area contributed by atoms with Crippen LogP contribution in [0.1, 0.15) is 36.8 Å². The van der Waals surface area contributed by atoms with Gasteiger partial charge in [-0.3, -0.25) is 14.5 Å². The lowest BCUT2D eigenvalue weighted by atomic mass is 9.97. The number of carbonyl (C=O) groups is 2. The Morgan fingerprint density at radius 3 is 2.38 bits per heavy atom. The van der Waals surface area contributed by atoms with Gasteiger partial charge in [0.25, 0.3) is 0 Å². The van der Waals surface area contributed by atoms with Crippen molar-refractivity contribution >= 4 is 21.8 Å². The molecule has 3 rings (SSSR count). The third-order valence-electron chi connectivity index (χ3n) is 6.39. The quantitative estimate of drug-likeness (QED) is 0.723. The minimum absolute atomic E-state index is 0.124. The maximum atomic E-state index is 13.2. The summed E-state index contributed by atoms with van der Waals surface area (Å²) in [5.74, 6) is -0.241. The molecule has 178 valence electrons. The van der Waals surface area contributed by atoms with Crippen molar-refractivity contribution in [1.82, 2.24) is 19.4 Å². The van der Waals surface area contributed by atoms with E-state index in [-0.39, 0.29) is 30.7 Å². The molecule has 1 atom stereocenters. The molecule has 2 aliphatic heterocycles. The molecule has 1 unspecified atom stereocenters. The molecule has 1 aromatic rings. The molecule has 2 saturated heterocycles. The molecule has 0 aliphatic carbocycles. The number of hydrogen-bond donors (Lipinski definition) is 1. The van der Waals surface area contributed by atoms with Gasteiger partial charge in [0.15, 0.2) is 0 Å². The molecular weight excluding hydrogens is 428 g/mol. The summed E-state index contributed by atoms with van der Waals surface area (Å²) in [4.78, 5) is 29.6. The largest absolute Gasteiger partial charge is 0.356 e. The van der Waals surface area contributed by atoms with Crippen LogP contribution in [0.25, 0.3) is 0 Å². The highest BCUT2D eigenvalue weighted by Crippen LogP contribution is 2.19. The normalized spacial score (nSPS) is 22.8. The van der Waals surface area contributed by atoms with Crippen LogP contribution in [0.5, 0.6) is 0 Å². The van der Waals surface area contributed by atoms with Crippen LogP contribution in [-0.2, 0) is 26.2 Å². The topological polar surface area (TPSA) is 90.0 Å². The van der Waals surface area contributed by atoms with Crippen LogP contribution < -0.4 is 5.32 Å². The first-order valence-electron chi connectivity index (χ1n) is 11.5. The Hall–Kier alpha value is -1.97. The van der Waals surface area contributed by atoms with Gasteiger partial charge >= 0.3 is 0 Å². The monoisotopic (exact) mass is 464 g/mol. The predicted molar refractivity (Wildman–Crippen MR) is 124 cm³/mol. The number of piperazine rings is 1. The maximum absolute atomic E-state index is 13.2. The standard InChI is InChI=1S/C23H36N4O4S/c1-19-5-7-20(8-6-19)18-25-14-16-26(17-15-25)23(29)21-4-3-12-27(32(2,30)31)13-10-22(28)24-11-9-21/h5-8,21H,3-4,9-18H2,1-2H3,(H,24,28). The van der Waals surface area contributed by atoms with Gasteiger partial charge in [-0.05, 0) is 31.7 Å². The van der Waals surface area contributed by atoms with Crippen LogP contribution in [0, 0.1) is 12.8 Å². The van der Waals surface area contributed by atoms with E-state index in [1.54, 1.807) is 0 Å². The highest BCUT2D eigenvalue weighted by atomic mass is 32.2. The summed E-state index contributed by atoms with van der Waals surface area (Å²) < 4.78 is 25.3. The molecular formula is C23H36N4O4S. The van der Waals surface area contributed by atoms with Gasteiger partial charge < -0.3 is 10.2 Å². The molecule has 9 heteroatoms. The number of sulfonamides is 1. The Morgan fingerprint density at radius 2 is 1.72 bits per heavy atom. The lowest BCUT2D eigenvalue weighted by molar-refractivity contribution is -0.138. The summed E-state index contributed by atoms with van der Waals surface area (Å²) in [7, 11) is -3.37. The Labute approximate surface area is 192 Å². The van der Waals surface area contributed by atoms with Crippen molar-refractivity contribution in [3.8, 4) is 0 Å². The van der Waals surface area contributed by atoms with E-state index < -0.39 is 10.0 Å². The number of aryl methyl sites for hydroxylation is 1. The summed E-state index contributed by atoms with van der Waals surface area (Å²) in [6, 6.07) is 8.56. The number of hydrogen-bond acceptors (Lipinski definition) is 5. The van der Waals surface area contributed by atoms with Gasteiger partial charge in [-0.25, -0.2) is 12.7 Å². The molecule has 32 heavy (non-hydrogen) atoms. The summed E-state index contributed by atoms with van der Waals surface area (Å²) in [5, 5.41) is 2.84. The first-order chi connectivity index (χ1) is 15.2. The molecule has 0 saturated carbocycles. The lowest BCUT2D eigenvalue weighted by Gasteiger charge is -2.36. The van der Waals surface area contributed by atoms with E-state index in [1.807, 2.05) is 4.90 Å². The van der Waals surface area contributed by atoms with E-state index in [4.69, 9.17) is 0 Å². The van der Waals surface area contributed by atoms with Crippen molar-refractivity contribution in [3.05, 3.63) is 35.4 Å². The molecule has 1 N–H and O–H groups in total. The average molecular weight is 465 g/mol. The van der Waals surface area contributed by atoms with Crippen LogP contribution in [0.3, 0.4) is 0 Å². The van der Waals surface area contributed by atoms with Gasteiger partial charge in [-0.15, -0.1) is 0 Å². The molecule has 0 radical (unpaired) electrons. The van der Waals surface area contributed by atoms with Crippen molar-refractivity contribution in [2.75, 3.05) is 52.1 Å². The van der Waals surface area contributed by atoms with Gasteiger partial charge in [-0.2, -0.15) is 0 Å². The second-order valence-electron chi connectivity index (χ2n) is 8.98. The Morgan fingerprint density at radius 1 is 1.03 bits per heavy atom. The number of nitrogens with one attached hydrogen (secondary N) is 1. The van der Waals surface area contributed by atoms with Crippen molar-refractivity contribution in [2.45, 2.75) is 39.2 Å². The van der Waals surface area contributed by atoms with Crippen molar-refractivity contribution < 1.29 is 18.0 Å². The van der Waals surface area contributed by atoms with E-state index in [0.717, 1.165) is 19.6 Å². The molecule has 2 heterocycles. The van der Waals surface area contributed by atoms with E-state index in [9.17, 15) is 18.0 Å². The van der Waals surface area contributed by atoms with Gasteiger partial charge in [0.1, 0.15) is 0 Å². The first-order valence-corrected chi connectivity index (χ1v) is 13.4. The van der Waals surface area contributed by atoms with Crippen LogP contribution in [0.2, 0.25) is 0 Å². The second kappa shape index (κ2) is 11.2. The van der Waals surface area contributed by atoms with Crippen LogP contribution in [0.4, 0.5) is 0 Å². The number of benzene rings is 1. The molecule has 2 fully saturated rings. The van der Waals surface area contributed by atoms with Crippen molar-refractivity contribution in [1.29, 1.82) is 0 Å². The van der Waals surface area contributed by atoms with Gasteiger partial charge in [0.05, 0.1) is 6.26 Å². The highest BCUT2D eigenvalue weighted by Gasteiger charge is 2.28. The van der Waals surface area contributed by atoms with E-state index in [2.05, 4.69) is 41.4 Å². The molecule has 2 aliphatic rings. The molecule has 8 nitrogen and oxygen atoms in total. The Bertz CT molecular complexity index is 880. The maximum Gasteiger partial charge on any atom is 0.225 e. The van der Waals surface area contributed by atoms with E-state index in [1.165, 1.54) is 21.7 Å². The Balaban J connectivity index is 1.54. The molecule has 0 bridgehead atoms. The fourth-order valence-electron chi connectivity index (χ4n) is 4.39. The predicted octanol–water partition coefficient (Wildman–Crippen LogP) is 1.21. The van der Waals surface area contributed by atoms with Gasteiger partial charge in [0.2, 0.25) is 21.8 Å². The van der Waals surface area contributed by atoms with Crippen molar-refractivity contribution in [3.63, 3.8) is 0 Å². The van der Waals surface area contributed by atoms with E-state index in [0.29, 0.717) is 45.4 Å². The number of nitrogens with zero attached hydrogens (tertiary/aromatic N) is 3. The molecule has 0 spiro atoms. The smallest absolute Gasteiger partial charge is 0.225 e. The number of rotatable bonds is 4. The zero-order chi connectivity index (χ0) is 23.1. The summed E-state index contributed by atoms with van der Waals surface area (Å²) in [6.07, 6.45) is 3.15. The highest BCUT2D eigenvalue weighted by molar-refractivity contribution is 7.88. The summed E-state index contributed by atoms with van der Waals surface area (Å²) >= 11 is 0. The third-order valence-corrected chi connectivity index (χ3v) is 7.70.